The van der Waals surface area contributed by atoms with Crippen LogP contribution in [-0.2, 0) is 9.59 Å². The molecule has 0 bridgehead atoms. The van der Waals surface area contributed by atoms with Gasteiger partial charge in [-0.3, -0.25) is 9.59 Å². The summed E-state index contributed by atoms with van der Waals surface area (Å²) in [5.74, 6) is -0.663. The van der Waals surface area contributed by atoms with Crippen LogP contribution in [0.15, 0.2) is 60.7 Å². The minimum absolute atomic E-state index is 0.331. The number of carbonyl (C=O) groups is 2. The van der Waals surface area contributed by atoms with E-state index in [1.165, 1.54) is 11.8 Å². The summed E-state index contributed by atoms with van der Waals surface area (Å²) in [4.78, 5) is 24.4. The fraction of sp³-hybridized carbons (Fsp3) is 0.125. The second-order valence-corrected chi connectivity index (χ2v) is 5.27. The predicted octanol–water partition coefficient (Wildman–Crippen LogP) is 3.00. The number of rotatable bonds is 5. The van der Waals surface area contributed by atoms with Crippen LogP contribution < -0.4 is 10.6 Å². The van der Waals surface area contributed by atoms with Crippen LogP contribution in [0.1, 0.15) is 0 Å². The van der Waals surface area contributed by atoms with E-state index in [1.807, 2.05) is 36.4 Å². The van der Waals surface area contributed by atoms with Gasteiger partial charge in [0.1, 0.15) is 0 Å². The van der Waals surface area contributed by atoms with Gasteiger partial charge in [0.25, 0.3) is 0 Å². The summed E-state index contributed by atoms with van der Waals surface area (Å²) in [7, 11) is 0. The molecular weight excluding hydrogens is 284 g/mol. The number of hydrogen-bond acceptors (Lipinski definition) is 3. The van der Waals surface area contributed by atoms with Crippen molar-refractivity contribution in [3.8, 4) is 0 Å². The first-order chi connectivity index (χ1) is 10.2. The number of carbonyl (C=O) groups excluding carboxylic acids is 2. The molecule has 21 heavy (non-hydrogen) atoms. The summed E-state index contributed by atoms with van der Waals surface area (Å²) in [6, 6.07) is 18.2. The molecule has 2 amide bonds. The lowest BCUT2D eigenvalue weighted by Gasteiger charge is -2.14. The second kappa shape index (κ2) is 7.50. The zero-order valence-corrected chi connectivity index (χ0v) is 12.4. The lowest BCUT2D eigenvalue weighted by atomic mass is 10.2. The minimum atomic E-state index is -0.801. The number of amides is 2. The topological polar surface area (TPSA) is 58.2 Å². The maximum Gasteiger partial charge on any atom is 0.247 e. The van der Waals surface area contributed by atoms with E-state index < -0.39 is 5.25 Å². The highest BCUT2D eigenvalue weighted by molar-refractivity contribution is 8.00. The van der Waals surface area contributed by atoms with E-state index in [4.69, 9.17) is 0 Å². The van der Waals surface area contributed by atoms with Gasteiger partial charge < -0.3 is 10.6 Å². The van der Waals surface area contributed by atoms with Crippen LogP contribution in [0, 0.1) is 0 Å². The van der Waals surface area contributed by atoms with Crippen LogP contribution in [0.2, 0.25) is 0 Å². The van der Waals surface area contributed by atoms with E-state index in [0.717, 1.165) is 0 Å². The fourth-order valence-corrected chi connectivity index (χ4v) is 2.34. The minimum Gasteiger partial charge on any atom is -0.325 e. The van der Waals surface area contributed by atoms with Crippen molar-refractivity contribution in [1.82, 2.24) is 0 Å². The van der Waals surface area contributed by atoms with E-state index in [2.05, 4.69) is 10.6 Å². The second-order valence-electron chi connectivity index (χ2n) is 4.33. The van der Waals surface area contributed by atoms with Gasteiger partial charge in [0, 0.05) is 11.4 Å². The highest BCUT2D eigenvalue weighted by atomic mass is 32.2. The summed E-state index contributed by atoms with van der Waals surface area (Å²) in [6.07, 6.45) is 1.74. The van der Waals surface area contributed by atoms with Crippen molar-refractivity contribution in [2.75, 3.05) is 16.9 Å². The molecule has 0 fully saturated rings. The van der Waals surface area contributed by atoms with Gasteiger partial charge in [-0.25, -0.2) is 0 Å². The maximum absolute atomic E-state index is 12.2. The summed E-state index contributed by atoms with van der Waals surface area (Å²) in [5.41, 5.74) is 1.35. The van der Waals surface area contributed by atoms with E-state index in [9.17, 15) is 9.59 Å². The maximum atomic E-state index is 12.2. The van der Waals surface area contributed by atoms with E-state index in [1.54, 1.807) is 30.5 Å². The van der Waals surface area contributed by atoms with Crippen molar-refractivity contribution < 1.29 is 9.59 Å². The Morgan fingerprint density at radius 3 is 1.52 bits per heavy atom. The van der Waals surface area contributed by atoms with Crippen LogP contribution in [0.5, 0.6) is 0 Å². The Kier molecular flexibility index (Phi) is 5.40. The molecule has 4 nitrogen and oxygen atoms in total. The summed E-state index contributed by atoms with van der Waals surface area (Å²) < 4.78 is 0. The Balaban J connectivity index is 2.01. The number of anilines is 2. The van der Waals surface area contributed by atoms with Crippen LogP contribution in [0.3, 0.4) is 0 Å². The van der Waals surface area contributed by atoms with Gasteiger partial charge in [-0.15, -0.1) is 11.8 Å². The molecule has 0 saturated heterocycles. The van der Waals surface area contributed by atoms with E-state index in [-0.39, 0.29) is 11.8 Å². The van der Waals surface area contributed by atoms with Gasteiger partial charge in [-0.2, -0.15) is 0 Å². The first-order valence-corrected chi connectivity index (χ1v) is 7.74. The van der Waals surface area contributed by atoms with Gasteiger partial charge in [-0.1, -0.05) is 36.4 Å². The molecule has 2 aromatic rings. The zero-order valence-electron chi connectivity index (χ0n) is 11.6. The van der Waals surface area contributed by atoms with Crippen molar-refractivity contribution in [2.24, 2.45) is 0 Å². The molecule has 0 spiro atoms. The Hall–Kier alpha value is -2.27. The first kappa shape index (κ1) is 15.1. The summed E-state index contributed by atoms with van der Waals surface area (Å²) in [5, 5.41) is 4.68. The van der Waals surface area contributed by atoms with Gasteiger partial charge in [0.15, 0.2) is 5.25 Å². The van der Waals surface area contributed by atoms with E-state index >= 15 is 0 Å². The number of nitrogens with one attached hydrogen (secondary N) is 2. The molecule has 108 valence electrons. The molecule has 0 aliphatic carbocycles. The molecule has 0 heterocycles. The molecule has 2 rings (SSSR count). The van der Waals surface area contributed by atoms with Crippen molar-refractivity contribution in [2.45, 2.75) is 5.25 Å². The summed E-state index contributed by atoms with van der Waals surface area (Å²) >= 11 is 1.20. The van der Waals surface area contributed by atoms with Gasteiger partial charge in [0.05, 0.1) is 0 Å². The molecular formula is C16H16N2O2S. The zero-order chi connectivity index (χ0) is 15.1. The Labute approximate surface area is 127 Å². The average molecular weight is 300 g/mol. The molecule has 0 aliphatic rings. The standard InChI is InChI=1S/C16H16N2O2S/c1-21-14(15(19)17-12-8-4-2-5-9-12)16(20)18-13-10-6-3-7-11-13/h2-11,14H,1H3,(H,17,19)(H,18,20). The van der Waals surface area contributed by atoms with Crippen molar-refractivity contribution >= 4 is 35.0 Å². The average Bonchev–Trinajstić information content (AvgIpc) is 2.50. The van der Waals surface area contributed by atoms with Crippen LogP contribution in [0.25, 0.3) is 0 Å². The van der Waals surface area contributed by atoms with Gasteiger partial charge in [-0.05, 0) is 30.5 Å². The third-order valence-electron chi connectivity index (χ3n) is 2.79. The molecule has 0 aliphatic heterocycles. The Morgan fingerprint density at radius 2 is 1.19 bits per heavy atom. The van der Waals surface area contributed by atoms with E-state index in [0.29, 0.717) is 11.4 Å². The molecule has 0 aromatic heterocycles. The van der Waals surface area contributed by atoms with Crippen LogP contribution >= 0.6 is 11.8 Å². The van der Waals surface area contributed by atoms with Gasteiger partial charge in [0.2, 0.25) is 11.8 Å². The van der Waals surface area contributed by atoms with Crippen LogP contribution in [0.4, 0.5) is 11.4 Å². The smallest absolute Gasteiger partial charge is 0.247 e. The molecule has 0 saturated carbocycles. The highest BCUT2D eigenvalue weighted by Gasteiger charge is 2.25. The Morgan fingerprint density at radius 1 is 0.810 bits per heavy atom. The lowest BCUT2D eigenvalue weighted by Crippen LogP contribution is -2.36. The SMILES string of the molecule is CSC(C(=O)Nc1ccccc1)C(=O)Nc1ccccc1. The molecule has 0 atom stereocenters. The molecule has 0 radical (unpaired) electrons. The summed E-state index contributed by atoms with van der Waals surface area (Å²) in [6.45, 7) is 0. The largest absolute Gasteiger partial charge is 0.325 e. The van der Waals surface area contributed by atoms with Crippen molar-refractivity contribution in [3.05, 3.63) is 60.7 Å². The molecule has 2 N–H and O–H groups in total. The lowest BCUT2D eigenvalue weighted by molar-refractivity contribution is -0.123. The third kappa shape index (κ3) is 4.36. The molecule has 5 heteroatoms. The fourth-order valence-electron chi connectivity index (χ4n) is 1.79. The van der Waals surface area contributed by atoms with Crippen molar-refractivity contribution in [1.29, 1.82) is 0 Å². The monoisotopic (exact) mass is 300 g/mol. The van der Waals surface area contributed by atoms with Crippen LogP contribution in [-0.4, -0.2) is 23.3 Å². The highest BCUT2D eigenvalue weighted by Crippen LogP contribution is 2.15. The third-order valence-corrected chi connectivity index (χ3v) is 3.69. The van der Waals surface area contributed by atoms with Gasteiger partial charge >= 0.3 is 0 Å². The predicted molar refractivity (Wildman–Crippen MR) is 87.4 cm³/mol. The number of thioether (sulfide) groups is 1. The quantitative estimate of drug-likeness (QED) is 0.835. The Bertz CT molecular complexity index is 549. The number of hydrogen-bond donors (Lipinski definition) is 2. The van der Waals surface area contributed by atoms with Crippen molar-refractivity contribution in [3.63, 3.8) is 0 Å². The number of benzene rings is 2. The normalized spacial score (nSPS) is 10.2. The first-order valence-electron chi connectivity index (χ1n) is 6.45. The molecule has 2 aromatic carbocycles. The molecule has 0 unspecified atom stereocenters. The number of para-hydroxylation sites is 2.